The molecule has 0 spiro atoms. The van der Waals surface area contributed by atoms with Crippen LogP contribution in [0.25, 0.3) is 0 Å². The monoisotopic (exact) mass is 339 g/mol. The van der Waals surface area contributed by atoms with Crippen LogP contribution < -0.4 is 4.72 Å². The lowest BCUT2D eigenvalue weighted by atomic mass is 10.2. The maximum atomic E-state index is 12.1. The first-order valence-corrected chi connectivity index (χ1v) is 9.49. The first-order valence-electron chi connectivity index (χ1n) is 6.14. The van der Waals surface area contributed by atoms with Gasteiger partial charge in [0.05, 0.1) is 16.5 Å². The van der Waals surface area contributed by atoms with Gasteiger partial charge < -0.3 is 0 Å². The van der Waals surface area contributed by atoms with Gasteiger partial charge in [0.1, 0.15) is 4.34 Å². The number of benzene rings is 1. The molecule has 1 aromatic heterocycles. The lowest BCUT2D eigenvalue weighted by Crippen LogP contribution is -2.25. The van der Waals surface area contributed by atoms with Crippen molar-refractivity contribution in [3.8, 4) is 6.07 Å². The van der Waals surface area contributed by atoms with Crippen LogP contribution >= 0.6 is 23.1 Å². The van der Waals surface area contributed by atoms with Gasteiger partial charge >= 0.3 is 0 Å². The number of hydrogen-bond acceptors (Lipinski definition) is 6. The van der Waals surface area contributed by atoms with E-state index in [-0.39, 0.29) is 4.90 Å². The lowest BCUT2D eigenvalue weighted by Gasteiger charge is -2.06. The summed E-state index contributed by atoms with van der Waals surface area (Å²) < 4.78 is 27.6. The molecule has 1 N–H and O–H groups in total. The summed E-state index contributed by atoms with van der Waals surface area (Å²) in [5, 5.41) is 10.7. The van der Waals surface area contributed by atoms with Crippen molar-refractivity contribution in [1.82, 2.24) is 9.71 Å². The fourth-order valence-corrected chi connectivity index (χ4v) is 4.30. The number of nitrogens with zero attached hydrogens (tertiary/aromatic N) is 2. The van der Waals surface area contributed by atoms with Crippen LogP contribution in [0.4, 0.5) is 0 Å². The summed E-state index contributed by atoms with van der Waals surface area (Å²) in [7, 11) is -3.55. The molecular formula is C13H13N3O2S3. The van der Waals surface area contributed by atoms with Gasteiger partial charge in [-0.25, -0.2) is 18.1 Å². The van der Waals surface area contributed by atoms with E-state index >= 15 is 0 Å². The summed E-state index contributed by atoms with van der Waals surface area (Å²) in [4.78, 5) is 4.26. The van der Waals surface area contributed by atoms with Gasteiger partial charge in [-0.3, -0.25) is 0 Å². The van der Waals surface area contributed by atoms with Gasteiger partial charge in [-0.05, 0) is 24.6 Å². The van der Waals surface area contributed by atoms with Crippen LogP contribution in [0.15, 0.2) is 45.1 Å². The van der Waals surface area contributed by atoms with Crippen LogP contribution in [-0.2, 0) is 10.0 Å². The molecule has 0 unspecified atom stereocenters. The molecule has 0 saturated carbocycles. The van der Waals surface area contributed by atoms with Crippen molar-refractivity contribution in [2.45, 2.75) is 15.7 Å². The minimum Gasteiger partial charge on any atom is -0.238 e. The maximum Gasteiger partial charge on any atom is 0.240 e. The molecule has 0 radical (unpaired) electrons. The number of rotatable bonds is 7. The van der Waals surface area contributed by atoms with E-state index in [1.54, 1.807) is 41.4 Å². The second kappa shape index (κ2) is 7.56. The quantitative estimate of drug-likeness (QED) is 0.619. The van der Waals surface area contributed by atoms with E-state index in [1.165, 1.54) is 12.1 Å². The molecule has 8 heteroatoms. The van der Waals surface area contributed by atoms with E-state index in [0.29, 0.717) is 18.5 Å². The largest absolute Gasteiger partial charge is 0.240 e. The highest BCUT2D eigenvalue weighted by Gasteiger charge is 2.13. The van der Waals surface area contributed by atoms with Crippen molar-refractivity contribution in [1.29, 1.82) is 5.26 Å². The third-order valence-electron chi connectivity index (χ3n) is 2.52. The fraction of sp³-hybridized carbons (Fsp3) is 0.231. The summed E-state index contributed by atoms with van der Waals surface area (Å²) in [6.07, 6.45) is 2.46. The molecule has 21 heavy (non-hydrogen) atoms. The number of thioether (sulfide) groups is 1. The summed E-state index contributed by atoms with van der Waals surface area (Å²) in [5.41, 5.74) is 0.331. The Balaban J connectivity index is 1.82. The Bertz CT molecular complexity index is 721. The van der Waals surface area contributed by atoms with Gasteiger partial charge in [-0.1, -0.05) is 17.8 Å². The molecule has 0 aliphatic heterocycles. The highest BCUT2D eigenvalue weighted by Crippen LogP contribution is 2.20. The summed E-state index contributed by atoms with van der Waals surface area (Å²) in [6.45, 7) is 0.359. The Hall–Kier alpha value is -1.40. The van der Waals surface area contributed by atoms with Crippen molar-refractivity contribution in [2.75, 3.05) is 12.3 Å². The van der Waals surface area contributed by atoms with Crippen LogP contribution in [0.5, 0.6) is 0 Å². The highest BCUT2D eigenvalue weighted by atomic mass is 32.2. The first kappa shape index (κ1) is 16.0. The first-order chi connectivity index (χ1) is 10.1. The number of nitriles is 1. The summed E-state index contributed by atoms with van der Waals surface area (Å²) in [6, 6.07) is 7.91. The molecule has 0 aliphatic rings. The third-order valence-corrected chi connectivity index (χ3v) is 6.03. The molecule has 0 atom stereocenters. The molecule has 2 rings (SSSR count). The van der Waals surface area contributed by atoms with E-state index in [0.717, 1.165) is 10.1 Å². The lowest BCUT2D eigenvalue weighted by molar-refractivity contribution is 0.581. The second-order valence-electron chi connectivity index (χ2n) is 4.04. The molecular weight excluding hydrogens is 326 g/mol. The fourth-order valence-electron chi connectivity index (χ4n) is 1.54. The average Bonchev–Trinajstić information content (AvgIpc) is 3.00. The van der Waals surface area contributed by atoms with Crippen molar-refractivity contribution < 1.29 is 8.42 Å². The minimum atomic E-state index is -3.55. The molecule has 5 nitrogen and oxygen atoms in total. The van der Waals surface area contributed by atoms with Crippen molar-refractivity contribution >= 4 is 33.1 Å². The number of hydrogen-bond donors (Lipinski definition) is 1. The van der Waals surface area contributed by atoms with Crippen LogP contribution in [0.1, 0.15) is 12.0 Å². The molecule has 2 aromatic rings. The van der Waals surface area contributed by atoms with E-state index in [9.17, 15) is 8.42 Å². The Labute approximate surface area is 132 Å². The van der Waals surface area contributed by atoms with E-state index in [1.807, 2.05) is 11.4 Å². The van der Waals surface area contributed by atoms with Gasteiger partial charge in [0.2, 0.25) is 10.0 Å². The van der Waals surface area contributed by atoms with Gasteiger partial charge in [0.25, 0.3) is 0 Å². The van der Waals surface area contributed by atoms with Crippen LogP contribution in [0.2, 0.25) is 0 Å². The SMILES string of the molecule is N#Cc1cccc(S(=O)(=O)NCCCSc2nccs2)c1. The molecule has 1 aromatic carbocycles. The number of aromatic nitrogens is 1. The second-order valence-corrected chi connectivity index (χ2v) is 8.04. The zero-order chi connectivity index (χ0) is 15.1. The van der Waals surface area contributed by atoms with Crippen LogP contribution in [0, 0.1) is 11.3 Å². The Morgan fingerprint density at radius 2 is 2.29 bits per heavy atom. The van der Waals surface area contributed by atoms with Crippen LogP contribution in [-0.4, -0.2) is 25.7 Å². The molecule has 1 heterocycles. The van der Waals surface area contributed by atoms with Gasteiger partial charge in [-0.2, -0.15) is 5.26 Å². The Morgan fingerprint density at radius 3 is 3.00 bits per heavy atom. The Kier molecular flexibility index (Phi) is 5.76. The predicted molar refractivity (Wildman–Crippen MR) is 83.8 cm³/mol. The van der Waals surface area contributed by atoms with E-state index in [4.69, 9.17) is 5.26 Å². The van der Waals surface area contributed by atoms with Gasteiger partial charge in [-0.15, -0.1) is 11.3 Å². The van der Waals surface area contributed by atoms with Crippen molar-refractivity contribution in [2.24, 2.45) is 0 Å². The summed E-state index contributed by atoms with van der Waals surface area (Å²) >= 11 is 3.18. The molecule has 110 valence electrons. The van der Waals surface area contributed by atoms with Crippen LogP contribution in [0.3, 0.4) is 0 Å². The Morgan fingerprint density at radius 1 is 1.43 bits per heavy atom. The van der Waals surface area contributed by atoms with E-state index < -0.39 is 10.0 Å². The number of thiazole rings is 1. The maximum absolute atomic E-state index is 12.1. The molecule has 0 bridgehead atoms. The van der Waals surface area contributed by atoms with Crippen molar-refractivity contribution in [3.63, 3.8) is 0 Å². The molecule has 0 fully saturated rings. The average molecular weight is 339 g/mol. The minimum absolute atomic E-state index is 0.120. The molecule has 0 aliphatic carbocycles. The third kappa shape index (κ3) is 4.82. The standard InChI is InChI=1S/C13H13N3O2S3/c14-10-11-3-1-4-12(9-11)21(17,18)16-5-2-7-19-13-15-6-8-20-13/h1,3-4,6,8-9,16H,2,5,7H2. The number of nitrogens with one attached hydrogen (secondary N) is 1. The van der Waals surface area contributed by atoms with Crippen molar-refractivity contribution in [3.05, 3.63) is 41.4 Å². The zero-order valence-electron chi connectivity index (χ0n) is 11.0. The highest BCUT2D eigenvalue weighted by molar-refractivity contribution is 8.01. The predicted octanol–water partition coefficient (Wildman–Crippen LogP) is 2.48. The van der Waals surface area contributed by atoms with Gasteiger partial charge in [0.15, 0.2) is 0 Å². The smallest absolute Gasteiger partial charge is 0.238 e. The molecule has 0 amide bonds. The number of sulfonamides is 1. The topological polar surface area (TPSA) is 82.8 Å². The normalized spacial score (nSPS) is 11.2. The van der Waals surface area contributed by atoms with E-state index in [2.05, 4.69) is 9.71 Å². The van der Waals surface area contributed by atoms with Gasteiger partial charge in [0, 0.05) is 23.9 Å². The summed E-state index contributed by atoms with van der Waals surface area (Å²) in [5.74, 6) is 0.800. The molecule has 0 saturated heterocycles. The zero-order valence-corrected chi connectivity index (χ0v) is 13.5.